The Morgan fingerprint density at radius 1 is 1.28 bits per heavy atom. The molecule has 0 aliphatic carbocycles. The maximum Gasteiger partial charge on any atom is 0.338 e. The Morgan fingerprint density at radius 2 is 2.06 bits per heavy atom. The van der Waals surface area contributed by atoms with E-state index in [1.54, 1.807) is 24.5 Å². The molecule has 0 spiro atoms. The van der Waals surface area contributed by atoms with Crippen molar-refractivity contribution >= 4 is 34.7 Å². The molecule has 0 saturated carbocycles. The highest BCUT2D eigenvalue weighted by molar-refractivity contribution is 7.10. The molecule has 0 radical (unpaired) electrons. The quantitative estimate of drug-likeness (QED) is 0.395. The predicted octanol–water partition coefficient (Wildman–Crippen LogP) is 3.42. The summed E-state index contributed by atoms with van der Waals surface area (Å²) in [6.07, 6.45) is 3.52. The van der Waals surface area contributed by atoms with Crippen molar-refractivity contribution < 1.29 is 14.3 Å². The first-order valence-corrected chi connectivity index (χ1v) is 11.8. The first-order chi connectivity index (χ1) is 15.5. The van der Waals surface area contributed by atoms with Gasteiger partial charge in [-0.3, -0.25) is 9.36 Å². The van der Waals surface area contributed by atoms with Crippen molar-refractivity contribution in [1.82, 2.24) is 4.57 Å². The Kier molecular flexibility index (Phi) is 6.53. The summed E-state index contributed by atoms with van der Waals surface area (Å²) in [5.74, 6) is 0.285. The van der Waals surface area contributed by atoms with E-state index in [4.69, 9.17) is 9.47 Å². The summed E-state index contributed by atoms with van der Waals surface area (Å²) >= 11 is 2.80. The van der Waals surface area contributed by atoms with Crippen LogP contribution in [0.25, 0.3) is 6.08 Å². The second kappa shape index (κ2) is 9.50. The number of benzene rings is 1. The van der Waals surface area contributed by atoms with Crippen LogP contribution < -0.4 is 19.6 Å². The van der Waals surface area contributed by atoms with E-state index in [0.717, 1.165) is 16.2 Å². The van der Waals surface area contributed by atoms with Crippen LogP contribution >= 0.6 is 22.7 Å². The van der Waals surface area contributed by atoms with E-state index < -0.39 is 12.0 Å². The van der Waals surface area contributed by atoms with Gasteiger partial charge in [0.1, 0.15) is 18.4 Å². The molecule has 3 heterocycles. The van der Waals surface area contributed by atoms with Gasteiger partial charge in [-0.05, 0) is 49.1 Å². The van der Waals surface area contributed by atoms with Crippen molar-refractivity contribution in [2.24, 2.45) is 4.99 Å². The third-order valence-electron chi connectivity index (χ3n) is 4.88. The highest BCUT2D eigenvalue weighted by atomic mass is 32.1. The van der Waals surface area contributed by atoms with Gasteiger partial charge in [-0.2, -0.15) is 0 Å². The minimum atomic E-state index is -0.554. The predicted molar refractivity (Wildman–Crippen MR) is 127 cm³/mol. The molecule has 1 aliphatic heterocycles. The summed E-state index contributed by atoms with van der Waals surface area (Å²) < 4.78 is 12.9. The van der Waals surface area contributed by atoms with Gasteiger partial charge in [0.25, 0.3) is 5.56 Å². The molecule has 0 N–H and O–H groups in total. The van der Waals surface area contributed by atoms with E-state index in [1.165, 1.54) is 22.7 Å². The number of carbonyl (C=O) groups excluding carboxylic acids is 1. The van der Waals surface area contributed by atoms with E-state index >= 15 is 0 Å². The second-order valence-electron chi connectivity index (χ2n) is 6.99. The van der Waals surface area contributed by atoms with Gasteiger partial charge in [-0.25, -0.2) is 9.79 Å². The largest absolute Gasteiger partial charge is 0.490 e. The zero-order valence-electron chi connectivity index (χ0n) is 17.7. The van der Waals surface area contributed by atoms with Crippen LogP contribution in [0.15, 0.2) is 75.5 Å². The normalized spacial score (nSPS) is 15.8. The van der Waals surface area contributed by atoms with Crippen molar-refractivity contribution in [2.45, 2.75) is 19.9 Å². The molecule has 0 bridgehead atoms. The molecule has 4 rings (SSSR count). The summed E-state index contributed by atoms with van der Waals surface area (Å²) in [7, 11) is 0. The molecule has 2 aromatic heterocycles. The van der Waals surface area contributed by atoms with Gasteiger partial charge >= 0.3 is 5.97 Å². The van der Waals surface area contributed by atoms with Gasteiger partial charge in [0.2, 0.25) is 0 Å². The van der Waals surface area contributed by atoms with Crippen LogP contribution in [0.1, 0.15) is 30.3 Å². The third-order valence-corrected chi connectivity index (χ3v) is 6.78. The maximum atomic E-state index is 13.4. The lowest BCUT2D eigenvalue weighted by molar-refractivity contribution is -0.139. The van der Waals surface area contributed by atoms with Crippen molar-refractivity contribution in [3.05, 3.63) is 95.8 Å². The van der Waals surface area contributed by atoms with Crippen molar-refractivity contribution in [2.75, 3.05) is 13.2 Å². The number of esters is 1. The lowest BCUT2D eigenvalue weighted by Gasteiger charge is -2.23. The van der Waals surface area contributed by atoms with Gasteiger partial charge in [0, 0.05) is 4.88 Å². The highest BCUT2D eigenvalue weighted by Crippen LogP contribution is 2.33. The molecule has 0 amide bonds. The molecular formula is C24H22N2O4S2. The topological polar surface area (TPSA) is 69.9 Å². The lowest BCUT2D eigenvalue weighted by atomic mass is 10.0. The molecule has 0 fully saturated rings. The SMILES string of the molecule is C=CCOc1ccc(C=c2sc3n(c2=O)C(c2cccs2)C(C(=O)OCC)=C(C)N=3)cc1. The molecule has 8 heteroatoms. The lowest BCUT2D eigenvalue weighted by Crippen LogP contribution is -2.39. The van der Waals surface area contributed by atoms with E-state index in [-0.39, 0.29) is 12.2 Å². The summed E-state index contributed by atoms with van der Waals surface area (Å²) in [5, 5.41) is 1.93. The van der Waals surface area contributed by atoms with Gasteiger partial charge in [0.15, 0.2) is 4.80 Å². The molecule has 1 atom stereocenters. The van der Waals surface area contributed by atoms with Crippen LogP contribution in [0.5, 0.6) is 5.75 Å². The zero-order valence-corrected chi connectivity index (χ0v) is 19.4. The molecule has 32 heavy (non-hydrogen) atoms. The monoisotopic (exact) mass is 466 g/mol. The number of rotatable bonds is 7. The number of thiazole rings is 1. The van der Waals surface area contributed by atoms with Crippen LogP contribution in [0.4, 0.5) is 0 Å². The summed E-state index contributed by atoms with van der Waals surface area (Å²) in [4.78, 5) is 32.2. The fraction of sp³-hybridized carbons (Fsp3) is 0.208. The molecule has 6 nitrogen and oxygen atoms in total. The number of allylic oxidation sites excluding steroid dienone is 1. The highest BCUT2D eigenvalue weighted by Gasteiger charge is 2.33. The first kappa shape index (κ1) is 22.0. The molecule has 164 valence electrons. The number of nitrogens with zero attached hydrogens (tertiary/aromatic N) is 2. The van der Waals surface area contributed by atoms with Gasteiger partial charge in [0.05, 0.1) is 22.4 Å². The number of aromatic nitrogens is 1. The smallest absolute Gasteiger partial charge is 0.338 e. The number of thiophene rings is 1. The fourth-order valence-electron chi connectivity index (χ4n) is 3.47. The summed E-state index contributed by atoms with van der Waals surface area (Å²) in [6, 6.07) is 10.8. The van der Waals surface area contributed by atoms with E-state index in [2.05, 4.69) is 11.6 Å². The standard InChI is InChI=1S/C24H22N2O4S2/c1-4-12-30-17-10-8-16(9-11-17)14-19-22(27)26-21(18-7-6-13-31-18)20(23(28)29-5-2)15(3)25-24(26)32-19/h4,6-11,13-14,21H,1,5,12H2,2-3H3. The maximum absolute atomic E-state index is 13.4. The van der Waals surface area contributed by atoms with Gasteiger partial charge in [-0.15, -0.1) is 11.3 Å². The van der Waals surface area contributed by atoms with E-state index in [1.807, 2.05) is 47.9 Å². The average Bonchev–Trinajstić information content (AvgIpc) is 3.41. The Hall–Kier alpha value is -3.23. The molecule has 1 aliphatic rings. The van der Waals surface area contributed by atoms with Crippen molar-refractivity contribution in [1.29, 1.82) is 0 Å². The average molecular weight is 467 g/mol. The zero-order chi connectivity index (χ0) is 22.7. The van der Waals surface area contributed by atoms with E-state index in [0.29, 0.717) is 27.2 Å². The minimum Gasteiger partial charge on any atom is -0.490 e. The Morgan fingerprint density at radius 3 is 2.72 bits per heavy atom. The number of hydrogen-bond donors (Lipinski definition) is 0. The third kappa shape index (κ3) is 4.24. The second-order valence-corrected chi connectivity index (χ2v) is 8.97. The van der Waals surface area contributed by atoms with Crippen LogP contribution in [0.3, 0.4) is 0 Å². The fourth-order valence-corrected chi connectivity index (χ4v) is 5.34. The minimum absolute atomic E-state index is 0.187. The molecule has 1 aromatic carbocycles. The number of hydrogen-bond acceptors (Lipinski definition) is 7. The van der Waals surface area contributed by atoms with Crippen LogP contribution in [0, 0.1) is 0 Å². The number of fused-ring (bicyclic) bond motifs is 1. The molecule has 0 saturated heterocycles. The van der Waals surface area contributed by atoms with Gasteiger partial charge < -0.3 is 9.47 Å². The van der Waals surface area contributed by atoms with Crippen LogP contribution in [0.2, 0.25) is 0 Å². The molecule has 1 unspecified atom stereocenters. The van der Waals surface area contributed by atoms with Crippen LogP contribution in [-0.2, 0) is 9.53 Å². The first-order valence-electron chi connectivity index (χ1n) is 10.1. The van der Waals surface area contributed by atoms with Crippen LogP contribution in [-0.4, -0.2) is 23.8 Å². The number of carbonyl (C=O) groups is 1. The number of ether oxygens (including phenoxy) is 2. The van der Waals surface area contributed by atoms with Crippen molar-refractivity contribution in [3.63, 3.8) is 0 Å². The Bertz CT molecular complexity index is 1350. The summed E-state index contributed by atoms with van der Waals surface area (Å²) in [6.45, 7) is 7.87. The van der Waals surface area contributed by atoms with Crippen molar-refractivity contribution in [3.8, 4) is 5.75 Å². The summed E-state index contributed by atoms with van der Waals surface area (Å²) in [5.41, 5.74) is 1.65. The van der Waals surface area contributed by atoms with E-state index in [9.17, 15) is 9.59 Å². The Labute approximate surface area is 193 Å². The Balaban J connectivity index is 1.81. The van der Waals surface area contributed by atoms with Gasteiger partial charge in [-0.1, -0.05) is 42.2 Å². The molecule has 3 aromatic rings. The molecular weight excluding hydrogens is 444 g/mol.